The van der Waals surface area contributed by atoms with Crippen LogP contribution in [0.15, 0.2) is 53.6 Å². The number of aromatic nitrogens is 1. The number of sulfonamides is 1. The summed E-state index contributed by atoms with van der Waals surface area (Å²) in [5.41, 5.74) is 2.81. The highest BCUT2D eigenvalue weighted by atomic mass is 32.2. The Morgan fingerprint density at radius 2 is 1.85 bits per heavy atom. The van der Waals surface area contributed by atoms with E-state index in [4.69, 9.17) is 4.74 Å². The number of piperidine rings is 1. The molecule has 1 amide bonds. The van der Waals surface area contributed by atoms with Crippen molar-refractivity contribution in [2.75, 3.05) is 25.0 Å². The van der Waals surface area contributed by atoms with Gasteiger partial charge in [-0.05, 0) is 49.1 Å². The predicted octanol–water partition coefficient (Wildman–Crippen LogP) is 3.38. The number of aromatic amines is 1. The molecule has 0 saturated carbocycles. The second-order valence-electron chi connectivity index (χ2n) is 8.19. The number of para-hydroxylation sites is 1. The van der Waals surface area contributed by atoms with Crippen LogP contribution in [0.1, 0.15) is 30.4 Å². The van der Waals surface area contributed by atoms with Gasteiger partial charge in [-0.3, -0.25) is 9.59 Å². The number of H-pyrrole nitrogens is 1. The van der Waals surface area contributed by atoms with Crippen molar-refractivity contribution in [3.05, 3.63) is 59.8 Å². The van der Waals surface area contributed by atoms with Crippen LogP contribution in [0.25, 0.3) is 10.9 Å². The van der Waals surface area contributed by atoms with Crippen LogP contribution in [0.3, 0.4) is 0 Å². The van der Waals surface area contributed by atoms with E-state index in [0.717, 1.165) is 35.7 Å². The summed E-state index contributed by atoms with van der Waals surface area (Å²) in [6, 6.07) is 12.3. The number of nitrogens with zero attached hydrogens (tertiary/aromatic N) is 1. The van der Waals surface area contributed by atoms with Crippen LogP contribution >= 0.6 is 0 Å². The number of benzene rings is 2. The van der Waals surface area contributed by atoms with E-state index in [0.29, 0.717) is 24.3 Å². The summed E-state index contributed by atoms with van der Waals surface area (Å²) in [5, 5.41) is 3.60. The first kappa shape index (κ1) is 23.0. The first-order valence-corrected chi connectivity index (χ1v) is 12.4. The maximum atomic E-state index is 12.9. The molecule has 0 radical (unpaired) electrons. The third-order valence-corrected chi connectivity index (χ3v) is 7.70. The highest BCUT2D eigenvalue weighted by molar-refractivity contribution is 7.89. The van der Waals surface area contributed by atoms with E-state index < -0.39 is 28.5 Å². The summed E-state index contributed by atoms with van der Waals surface area (Å²) < 4.78 is 32.5. The standard InChI is InChI=1S/C24H27N3O5S/c1-17-9-10-19(33(30,31)27-11-5-2-6-12-27)14-22(17)26-23(28)16-32-24(29)13-18-15-25-21-8-4-3-7-20(18)21/h3-4,7-10,14-15,25H,2,5-6,11-13,16H2,1H3,(H,26,28). The van der Waals surface area contributed by atoms with Crippen LogP contribution in [-0.2, 0) is 30.8 Å². The molecule has 9 heteroatoms. The zero-order chi connectivity index (χ0) is 23.4. The maximum Gasteiger partial charge on any atom is 0.310 e. The first-order valence-electron chi connectivity index (χ1n) is 11.0. The fourth-order valence-corrected chi connectivity index (χ4v) is 5.51. The van der Waals surface area contributed by atoms with Crippen molar-refractivity contribution in [1.29, 1.82) is 0 Å². The number of nitrogens with one attached hydrogen (secondary N) is 2. The number of ether oxygens (including phenoxy) is 1. The van der Waals surface area contributed by atoms with E-state index in [1.165, 1.54) is 10.4 Å². The van der Waals surface area contributed by atoms with Gasteiger partial charge in [-0.25, -0.2) is 8.42 Å². The highest BCUT2D eigenvalue weighted by Gasteiger charge is 2.26. The number of carbonyl (C=O) groups excluding carboxylic acids is 2. The lowest BCUT2D eigenvalue weighted by Gasteiger charge is -2.26. The largest absolute Gasteiger partial charge is 0.455 e. The molecular weight excluding hydrogens is 442 g/mol. The van der Waals surface area contributed by atoms with Gasteiger partial charge in [0.15, 0.2) is 6.61 Å². The molecule has 2 N–H and O–H groups in total. The molecule has 0 bridgehead atoms. The van der Waals surface area contributed by atoms with Crippen molar-refractivity contribution in [2.24, 2.45) is 0 Å². The van der Waals surface area contributed by atoms with Gasteiger partial charge >= 0.3 is 5.97 Å². The Balaban J connectivity index is 1.37. The van der Waals surface area contributed by atoms with E-state index in [2.05, 4.69) is 10.3 Å². The molecule has 0 unspecified atom stereocenters. The van der Waals surface area contributed by atoms with Crippen molar-refractivity contribution >= 4 is 38.5 Å². The lowest BCUT2D eigenvalue weighted by atomic mass is 10.1. The quantitative estimate of drug-likeness (QED) is 0.516. The fraction of sp³-hybridized carbons (Fsp3) is 0.333. The molecule has 174 valence electrons. The van der Waals surface area contributed by atoms with E-state index in [-0.39, 0.29) is 11.3 Å². The van der Waals surface area contributed by atoms with Gasteiger partial charge in [0.05, 0.1) is 11.3 Å². The van der Waals surface area contributed by atoms with E-state index >= 15 is 0 Å². The normalized spacial score (nSPS) is 14.8. The average Bonchev–Trinajstić information content (AvgIpc) is 3.22. The Hall–Kier alpha value is -3.17. The molecule has 0 aliphatic carbocycles. The molecule has 1 aliphatic rings. The molecule has 1 fully saturated rings. The van der Waals surface area contributed by atoms with Crippen LogP contribution < -0.4 is 5.32 Å². The average molecular weight is 470 g/mol. The molecule has 1 aromatic heterocycles. The van der Waals surface area contributed by atoms with Crippen molar-refractivity contribution < 1.29 is 22.7 Å². The van der Waals surface area contributed by atoms with E-state index in [9.17, 15) is 18.0 Å². The molecule has 8 nitrogen and oxygen atoms in total. The van der Waals surface area contributed by atoms with Gasteiger partial charge in [-0.1, -0.05) is 30.7 Å². The Morgan fingerprint density at radius 3 is 2.64 bits per heavy atom. The van der Waals surface area contributed by atoms with Gasteiger partial charge in [0, 0.05) is 35.9 Å². The van der Waals surface area contributed by atoms with Crippen LogP contribution in [0.5, 0.6) is 0 Å². The minimum absolute atomic E-state index is 0.0416. The summed E-state index contributed by atoms with van der Waals surface area (Å²) in [6.45, 7) is 2.33. The second kappa shape index (κ2) is 9.76. The van der Waals surface area contributed by atoms with Crippen molar-refractivity contribution in [1.82, 2.24) is 9.29 Å². The van der Waals surface area contributed by atoms with Gasteiger partial charge in [0.2, 0.25) is 10.0 Å². The summed E-state index contributed by atoms with van der Waals surface area (Å²) in [6.07, 6.45) is 4.51. The number of aryl methyl sites for hydroxylation is 1. The Kier molecular flexibility index (Phi) is 6.80. The van der Waals surface area contributed by atoms with Crippen molar-refractivity contribution in [3.8, 4) is 0 Å². The van der Waals surface area contributed by atoms with Crippen LogP contribution in [0, 0.1) is 6.92 Å². The Labute approximate surface area is 193 Å². The fourth-order valence-electron chi connectivity index (χ4n) is 3.97. The molecule has 2 heterocycles. The third-order valence-electron chi connectivity index (χ3n) is 5.81. The maximum absolute atomic E-state index is 12.9. The molecule has 3 aromatic rings. The molecule has 0 spiro atoms. The predicted molar refractivity (Wildman–Crippen MR) is 125 cm³/mol. The van der Waals surface area contributed by atoms with Gasteiger partial charge in [-0.15, -0.1) is 0 Å². The van der Waals surface area contributed by atoms with Crippen LogP contribution in [0.4, 0.5) is 5.69 Å². The smallest absolute Gasteiger partial charge is 0.310 e. The highest BCUT2D eigenvalue weighted by Crippen LogP contribution is 2.25. The molecule has 1 saturated heterocycles. The number of anilines is 1. The number of carbonyl (C=O) groups is 2. The van der Waals surface area contributed by atoms with E-state index in [1.807, 2.05) is 24.3 Å². The number of hydrogen-bond acceptors (Lipinski definition) is 5. The van der Waals surface area contributed by atoms with Gasteiger partial charge in [0.25, 0.3) is 5.91 Å². The van der Waals surface area contributed by atoms with E-state index in [1.54, 1.807) is 25.3 Å². The molecular formula is C24H27N3O5S. The molecule has 1 aliphatic heterocycles. The van der Waals surface area contributed by atoms with Crippen LogP contribution in [0.2, 0.25) is 0 Å². The second-order valence-corrected chi connectivity index (χ2v) is 10.1. The molecule has 33 heavy (non-hydrogen) atoms. The Bertz CT molecular complexity index is 1280. The summed E-state index contributed by atoms with van der Waals surface area (Å²) >= 11 is 0. The zero-order valence-electron chi connectivity index (χ0n) is 18.5. The lowest BCUT2D eigenvalue weighted by Crippen LogP contribution is -2.35. The van der Waals surface area contributed by atoms with Crippen molar-refractivity contribution in [2.45, 2.75) is 37.5 Å². The summed E-state index contributed by atoms with van der Waals surface area (Å²) in [7, 11) is -3.62. The van der Waals surface area contributed by atoms with Crippen LogP contribution in [-0.4, -0.2) is 49.3 Å². The van der Waals surface area contributed by atoms with Gasteiger partial charge in [0.1, 0.15) is 0 Å². The van der Waals surface area contributed by atoms with Gasteiger partial charge < -0.3 is 15.0 Å². The SMILES string of the molecule is Cc1ccc(S(=O)(=O)N2CCCCC2)cc1NC(=O)COC(=O)Cc1c[nH]c2ccccc12. The monoisotopic (exact) mass is 469 g/mol. The van der Waals surface area contributed by atoms with Gasteiger partial charge in [-0.2, -0.15) is 4.31 Å². The van der Waals surface area contributed by atoms with Crippen molar-refractivity contribution in [3.63, 3.8) is 0 Å². The minimum Gasteiger partial charge on any atom is -0.455 e. The molecule has 4 rings (SSSR count). The third kappa shape index (κ3) is 5.26. The lowest BCUT2D eigenvalue weighted by molar-refractivity contribution is -0.146. The molecule has 0 atom stereocenters. The number of esters is 1. The number of fused-ring (bicyclic) bond motifs is 1. The number of hydrogen-bond donors (Lipinski definition) is 2. The summed E-state index contributed by atoms with van der Waals surface area (Å²) in [4.78, 5) is 27.9. The number of rotatable bonds is 7. The first-order chi connectivity index (χ1) is 15.8. The molecule has 2 aromatic carbocycles. The Morgan fingerprint density at radius 1 is 1.09 bits per heavy atom. The topological polar surface area (TPSA) is 109 Å². The number of amides is 1. The zero-order valence-corrected chi connectivity index (χ0v) is 19.3. The summed E-state index contributed by atoms with van der Waals surface area (Å²) in [5.74, 6) is -1.05. The minimum atomic E-state index is -3.62.